The molecule has 6 nitrogen and oxygen atoms in total. The van der Waals surface area contributed by atoms with E-state index in [1.807, 2.05) is 0 Å². The Balaban J connectivity index is 2.23. The third-order valence-electron chi connectivity index (χ3n) is 3.11. The summed E-state index contributed by atoms with van der Waals surface area (Å²) >= 11 is 0. The predicted octanol–water partition coefficient (Wildman–Crippen LogP) is -0.0142. The monoisotopic (exact) mass is 259 g/mol. The zero-order valence-electron chi connectivity index (χ0n) is 10.9. The van der Waals surface area contributed by atoms with Gasteiger partial charge in [0.1, 0.15) is 5.60 Å². The van der Waals surface area contributed by atoms with Gasteiger partial charge in [-0.25, -0.2) is 0 Å². The number of carbonyl (C=O) groups excluding carboxylic acids is 2. The first-order valence-corrected chi connectivity index (χ1v) is 6.24. The molecule has 0 bridgehead atoms. The maximum Gasteiger partial charge on any atom is 0.306 e. The van der Waals surface area contributed by atoms with Crippen molar-refractivity contribution in [1.29, 1.82) is 0 Å². The molecule has 1 fully saturated rings. The van der Waals surface area contributed by atoms with Crippen LogP contribution in [0, 0.1) is 0 Å². The van der Waals surface area contributed by atoms with Gasteiger partial charge < -0.3 is 19.9 Å². The number of aliphatic hydroxyl groups is 1. The van der Waals surface area contributed by atoms with E-state index in [9.17, 15) is 14.7 Å². The Morgan fingerprint density at radius 1 is 1.50 bits per heavy atom. The van der Waals surface area contributed by atoms with Gasteiger partial charge in [0.15, 0.2) is 0 Å². The summed E-state index contributed by atoms with van der Waals surface area (Å²) < 4.78 is 9.97. The highest BCUT2D eigenvalue weighted by Crippen LogP contribution is 2.24. The van der Waals surface area contributed by atoms with E-state index in [4.69, 9.17) is 9.47 Å². The Kier molecular flexibility index (Phi) is 5.55. The van der Waals surface area contributed by atoms with Gasteiger partial charge in [0, 0.05) is 26.0 Å². The molecule has 18 heavy (non-hydrogen) atoms. The van der Waals surface area contributed by atoms with E-state index < -0.39 is 5.60 Å². The molecular formula is C12H21NO5. The third kappa shape index (κ3) is 4.27. The maximum atomic E-state index is 11.5. The van der Waals surface area contributed by atoms with Crippen molar-refractivity contribution in [3.63, 3.8) is 0 Å². The van der Waals surface area contributed by atoms with Gasteiger partial charge in [0.25, 0.3) is 0 Å². The van der Waals surface area contributed by atoms with Crippen molar-refractivity contribution >= 4 is 11.9 Å². The van der Waals surface area contributed by atoms with Crippen molar-refractivity contribution in [3.05, 3.63) is 0 Å². The summed E-state index contributed by atoms with van der Waals surface area (Å²) in [7, 11) is 0. The zero-order valence-corrected chi connectivity index (χ0v) is 10.9. The van der Waals surface area contributed by atoms with Crippen molar-refractivity contribution < 1.29 is 24.2 Å². The second-order valence-corrected chi connectivity index (χ2v) is 4.45. The number of rotatable bonds is 6. The molecule has 1 saturated heterocycles. The number of nitrogens with one attached hydrogen (secondary N) is 1. The molecule has 0 saturated carbocycles. The summed E-state index contributed by atoms with van der Waals surface area (Å²) in [6, 6.07) is 0. The van der Waals surface area contributed by atoms with Crippen LogP contribution < -0.4 is 5.32 Å². The van der Waals surface area contributed by atoms with Gasteiger partial charge in [-0.1, -0.05) is 0 Å². The Morgan fingerprint density at radius 3 is 2.78 bits per heavy atom. The highest BCUT2D eigenvalue weighted by molar-refractivity contribution is 5.81. The van der Waals surface area contributed by atoms with Gasteiger partial charge in [-0.3, -0.25) is 9.59 Å². The van der Waals surface area contributed by atoms with Crippen LogP contribution in [0.15, 0.2) is 0 Å². The van der Waals surface area contributed by atoms with Crippen molar-refractivity contribution in [1.82, 2.24) is 5.32 Å². The first-order valence-electron chi connectivity index (χ1n) is 6.24. The summed E-state index contributed by atoms with van der Waals surface area (Å²) in [5, 5.41) is 12.8. The van der Waals surface area contributed by atoms with Crippen LogP contribution in [-0.4, -0.2) is 48.4 Å². The molecule has 6 heteroatoms. The average molecular weight is 259 g/mol. The van der Waals surface area contributed by atoms with Crippen LogP contribution in [0.25, 0.3) is 0 Å². The molecule has 2 atom stereocenters. The van der Waals surface area contributed by atoms with E-state index in [0.717, 1.165) is 0 Å². The summed E-state index contributed by atoms with van der Waals surface area (Å²) in [6.07, 6.45) is 0.350. The van der Waals surface area contributed by atoms with Crippen molar-refractivity contribution in [3.8, 4) is 0 Å². The predicted molar refractivity (Wildman–Crippen MR) is 63.9 cm³/mol. The molecule has 0 aromatic carbocycles. The molecule has 1 heterocycles. The van der Waals surface area contributed by atoms with Gasteiger partial charge in [-0.2, -0.15) is 0 Å². The highest BCUT2D eigenvalue weighted by Gasteiger charge is 2.39. The van der Waals surface area contributed by atoms with Crippen molar-refractivity contribution in [2.24, 2.45) is 0 Å². The quantitative estimate of drug-likeness (QED) is 0.655. The fourth-order valence-electron chi connectivity index (χ4n) is 1.79. The maximum absolute atomic E-state index is 11.5. The van der Waals surface area contributed by atoms with E-state index in [1.54, 1.807) is 13.8 Å². The lowest BCUT2D eigenvalue weighted by Crippen LogP contribution is -2.47. The van der Waals surface area contributed by atoms with Crippen molar-refractivity contribution in [2.75, 3.05) is 19.8 Å². The molecule has 2 N–H and O–H groups in total. The van der Waals surface area contributed by atoms with Crippen LogP contribution in [0.5, 0.6) is 0 Å². The fourth-order valence-corrected chi connectivity index (χ4v) is 1.79. The van der Waals surface area contributed by atoms with Gasteiger partial charge in [-0.05, 0) is 13.8 Å². The summed E-state index contributed by atoms with van der Waals surface area (Å²) in [4.78, 5) is 22.5. The van der Waals surface area contributed by atoms with Crippen LogP contribution in [-0.2, 0) is 19.1 Å². The Morgan fingerprint density at radius 2 is 2.22 bits per heavy atom. The number of hydrogen-bond donors (Lipinski definition) is 2. The molecule has 0 aromatic rings. The molecule has 1 aliphatic heterocycles. The van der Waals surface area contributed by atoms with Crippen LogP contribution in [0.2, 0.25) is 0 Å². The Hall–Kier alpha value is -1.14. The van der Waals surface area contributed by atoms with Gasteiger partial charge in [0.05, 0.1) is 19.1 Å². The first-order chi connectivity index (χ1) is 8.48. The SMILES string of the molecule is CCOC(=O)CCC(=O)NCC1(O)CCOC1C. The third-order valence-corrected chi connectivity index (χ3v) is 3.11. The standard InChI is InChI=1S/C12H21NO5/c1-3-17-11(15)5-4-10(14)13-8-12(16)6-7-18-9(12)2/h9,16H,3-8H2,1-2H3,(H,13,14). The van der Waals surface area contributed by atoms with Crippen LogP contribution >= 0.6 is 0 Å². The van der Waals surface area contributed by atoms with E-state index in [1.165, 1.54) is 0 Å². The topological polar surface area (TPSA) is 84.9 Å². The molecule has 0 spiro atoms. The lowest BCUT2D eigenvalue weighted by molar-refractivity contribution is -0.144. The number of carbonyl (C=O) groups is 2. The first kappa shape index (κ1) is 14.9. The normalized spacial score (nSPS) is 26.9. The van der Waals surface area contributed by atoms with Gasteiger partial charge in [0.2, 0.25) is 5.91 Å². The van der Waals surface area contributed by atoms with Crippen LogP contribution in [0.3, 0.4) is 0 Å². The summed E-state index contributed by atoms with van der Waals surface area (Å²) in [5.41, 5.74) is -1.00. The molecule has 104 valence electrons. The Bertz CT molecular complexity index is 307. The van der Waals surface area contributed by atoms with E-state index >= 15 is 0 Å². The molecule has 1 amide bonds. The summed E-state index contributed by atoms with van der Waals surface area (Å²) in [5.74, 6) is -0.653. The van der Waals surface area contributed by atoms with E-state index in [-0.39, 0.29) is 37.4 Å². The van der Waals surface area contributed by atoms with Gasteiger partial charge >= 0.3 is 5.97 Å². The molecule has 0 aliphatic carbocycles. The molecule has 1 rings (SSSR count). The second kappa shape index (κ2) is 6.70. The fraction of sp³-hybridized carbons (Fsp3) is 0.833. The molecular weight excluding hydrogens is 238 g/mol. The second-order valence-electron chi connectivity index (χ2n) is 4.45. The van der Waals surface area contributed by atoms with Crippen LogP contribution in [0.1, 0.15) is 33.1 Å². The lowest BCUT2D eigenvalue weighted by atomic mass is 9.97. The van der Waals surface area contributed by atoms with E-state index in [0.29, 0.717) is 19.6 Å². The van der Waals surface area contributed by atoms with Gasteiger partial charge in [-0.15, -0.1) is 0 Å². The zero-order chi connectivity index (χ0) is 13.6. The minimum absolute atomic E-state index is 0.0597. The number of hydrogen-bond acceptors (Lipinski definition) is 5. The minimum atomic E-state index is -1.00. The highest BCUT2D eigenvalue weighted by atomic mass is 16.5. The van der Waals surface area contributed by atoms with Crippen molar-refractivity contribution in [2.45, 2.75) is 44.8 Å². The molecule has 0 aromatic heterocycles. The number of amides is 1. The molecule has 2 unspecified atom stereocenters. The minimum Gasteiger partial charge on any atom is -0.466 e. The Labute approximate surface area is 107 Å². The number of esters is 1. The average Bonchev–Trinajstić information content (AvgIpc) is 2.65. The van der Waals surface area contributed by atoms with E-state index in [2.05, 4.69) is 5.32 Å². The molecule has 0 radical (unpaired) electrons. The lowest BCUT2D eigenvalue weighted by Gasteiger charge is -2.26. The smallest absolute Gasteiger partial charge is 0.306 e. The van der Waals surface area contributed by atoms with Crippen LogP contribution in [0.4, 0.5) is 0 Å². The summed E-state index contributed by atoms with van der Waals surface area (Å²) in [6.45, 7) is 4.45. The largest absolute Gasteiger partial charge is 0.466 e. The number of ether oxygens (including phenoxy) is 2. The molecule has 1 aliphatic rings.